The Morgan fingerprint density at radius 2 is 1.10 bits per heavy atom. The van der Waals surface area contributed by atoms with E-state index in [1.807, 2.05) is 109 Å². The number of carbonyl (C=O) groups excluding carboxylic acids is 1. The SMILES string of the molecule is CC(C)(C)N(CC(=O)c1ccccc1)Cc1cc(OCc2ccccc2)cc(OCc2ccccc2)c1.O=S(=O)(O)O. The zero-order valence-corrected chi connectivity index (χ0v) is 24.8. The van der Waals surface area contributed by atoms with Crippen molar-refractivity contribution in [3.63, 3.8) is 0 Å². The quantitative estimate of drug-likeness (QED) is 0.147. The molecule has 0 aliphatic rings. The van der Waals surface area contributed by atoms with Gasteiger partial charge >= 0.3 is 10.4 Å². The number of hydrogen-bond acceptors (Lipinski definition) is 6. The third-order valence-electron chi connectivity index (χ3n) is 6.19. The standard InChI is InChI=1S/C33H35NO3.H2O4S/c1-33(2,3)34(23-32(35)29-17-11-6-12-18-29)22-28-19-30(36-24-26-13-7-4-8-14-26)21-31(20-28)37-25-27-15-9-5-10-16-27;1-5(2,3)4/h4-21H,22-25H2,1-3H3;(H2,1,2,3,4). The van der Waals surface area contributed by atoms with Crippen LogP contribution in [0.1, 0.15) is 47.8 Å². The van der Waals surface area contributed by atoms with Crippen molar-refractivity contribution in [2.45, 2.75) is 46.1 Å². The van der Waals surface area contributed by atoms with Crippen molar-refractivity contribution in [1.82, 2.24) is 4.90 Å². The van der Waals surface area contributed by atoms with Crippen LogP contribution in [0.3, 0.4) is 0 Å². The molecule has 0 bridgehead atoms. The summed E-state index contributed by atoms with van der Waals surface area (Å²) in [6.45, 7) is 8.25. The highest BCUT2D eigenvalue weighted by atomic mass is 32.3. The number of carbonyl (C=O) groups is 1. The second-order valence-electron chi connectivity index (χ2n) is 10.6. The highest BCUT2D eigenvalue weighted by molar-refractivity contribution is 7.79. The first-order valence-corrected chi connectivity index (χ1v) is 14.8. The maximum atomic E-state index is 13.1. The molecular weight excluding hydrogens is 554 g/mol. The summed E-state index contributed by atoms with van der Waals surface area (Å²) < 4.78 is 43.9. The van der Waals surface area contributed by atoms with E-state index in [1.54, 1.807) is 0 Å². The summed E-state index contributed by atoms with van der Waals surface area (Å²) in [5.41, 5.74) is 3.75. The fourth-order valence-corrected chi connectivity index (χ4v) is 4.01. The first-order valence-electron chi connectivity index (χ1n) is 13.4. The molecule has 0 aliphatic carbocycles. The number of rotatable bonds is 11. The minimum atomic E-state index is -4.67. The summed E-state index contributed by atoms with van der Waals surface area (Å²) in [6, 6.07) is 35.7. The zero-order chi connectivity index (χ0) is 30.6. The van der Waals surface area contributed by atoms with Crippen LogP contribution in [0, 0.1) is 0 Å². The van der Waals surface area contributed by atoms with Crippen molar-refractivity contribution in [2.24, 2.45) is 0 Å². The van der Waals surface area contributed by atoms with Gasteiger partial charge in [0.25, 0.3) is 0 Å². The maximum Gasteiger partial charge on any atom is 0.394 e. The van der Waals surface area contributed by atoms with Crippen molar-refractivity contribution in [1.29, 1.82) is 0 Å². The summed E-state index contributed by atoms with van der Waals surface area (Å²) in [4.78, 5) is 15.2. The Kier molecular flexibility index (Phi) is 11.8. The van der Waals surface area contributed by atoms with Gasteiger partial charge in [0.2, 0.25) is 0 Å². The molecule has 4 aromatic carbocycles. The smallest absolute Gasteiger partial charge is 0.394 e. The Balaban J connectivity index is 0.000000892. The number of hydrogen-bond donors (Lipinski definition) is 2. The van der Waals surface area contributed by atoms with Crippen LogP contribution < -0.4 is 9.47 Å². The molecule has 0 unspecified atom stereocenters. The predicted molar refractivity (Wildman–Crippen MR) is 163 cm³/mol. The van der Waals surface area contributed by atoms with Crippen LogP contribution >= 0.6 is 0 Å². The van der Waals surface area contributed by atoms with Gasteiger partial charge < -0.3 is 9.47 Å². The van der Waals surface area contributed by atoms with Gasteiger partial charge in [0.05, 0.1) is 6.54 Å². The second kappa shape index (κ2) is 15.3. The number of nitrogens with zero attached hydrogens (tertiary/aromatic N) is 1. The van der Waals surface area contributed by atoms with Crippen molar-refractivity contribution >= 4 is 16.2 Å². The normalized spacial score (nSPS) is 11.4. The lowest BCUT2D eigenvalue weighted by molar-refractivity contribution is 0.0793. The number of ketones is 1. The number of Topliss-reactive ketones (excluding diaryl/α,β-unsaturated/α-hetero) is 1. The van der Waals surface area contributed by atoms with Crippen LogP contribution in [0.5, 0.6) is 11.5 Å². The Morgan fingerprint density at radius 1 is 0.690 bits per heavy atom. The monoisotopic (exact) mass is 591 g/mol. The molecule has 0 spiro atoms. The molecule has 222 valence electrons. The van der Waals surface area contributed by atoms with Gasteiger partial charge in [0.1, 0.15) is 24.7 Å². The third-order valence-corrected chi connectivity index (χ3v) is 6.19. The van der Waals surface area contributed by atoms with E-state index < -0.39 is 10.4 Å². The molecule has 0 heterocycles. The number of ether oxygens (including phenoxy) is 2. The molecule has 0 saturated carbocycles. The van der Waals surface area contributed by atoms with E-state index in [4.69, 9.17) is 27.0 Å². The van der Waals surface area contributed by atoms with E-state index in [9.17, 15) is 4.79 Å². The van der Waals surface area contributed by atoms with E-state index in [0.29, 0.717) is 26.3 Å². The van der Waals surface area contributed by atoms with E-state index in [1.165, 1.54) is 0 Å². The van der Waals surface area contributed by atoms with Crippen LogP contribution in [0.25, 0.3) is 0 Å². The van der Waals surface area contributed by atoms with Crippen molar-refractivity contribution in [2.75, 3.05) is 6.54 Å². The van der Waals surface area contributed by atoms with Crippen LogP contribution in [0.15, 0.2) is 109 Å². The summed E-state index contributed by atoms with van der Waals surface area (Å²) in [5.74, 6) is 1.59. The fraction of sp³-hybridized carbons (Fsp3) is 0.242. The highest BCUT2D eigenvalue weighted by Gasteiger charge is 2.25. The van der Waals surface area contributed by atoms with Gasteiger partial charge in [-0.2, -0.15) is 8.42 Å². The topological polar surface area (TPSA) is 113 Å². The van der Waals surface area contributed by atoms with Gasteiger partial charge in [-0.05, 0) is 49.6 Å². The van der Waals surface area contributed by atoms with E-state index in [2.05, 4.69) is 25.7 Å². The van der Waals surface area contributed by atoms with Crippen LogP contribution in [-0.2, 0) is 30.2 Å². The summed E-state index contributed by atoms with van der Waals surface area (Å²) >= 11 is 0. The Labute approximate surface area is 248 Å². The van der Waals surface area contributed by atoms with E-state index in [0.717, 1.165) is 33.8 Å². The van der Waals surface area contributed by atoms with Crippen molar-refractivity contribution < 1.29 is 31.8 Å². The third kappa shape index (κ3) is 12.2. The number of benzene rings is 4. The first kappa shape index (κ1) is 32.5. The molecule has 0 aliphatic heterocycles. The second-order valence-corrected chi connectivity index (χ2v) is 11.5. The Hall–Kier alpha value is -4.02. The molecule has 2 N–H and O–H groups in total. The molecule has 0 radical (unpaired) electrons. The summed E-state index contributed by atoms with van der Waals surface area (Å²) in [5, 5.41) is 0. The lowest BCUT2D eigenvalue weighted by Gasteiger charge is -2.35. The van der Waals surface area contributed by atoms with Gasteiger partial charge in [0.15, 0.2) is 5.78 Å². The lowest BCUT2D eigenvalue weighted by Crippen LogP contribution is -2.43. The van der Waals surface area contributed by atoms with Crippen molar-refractivity contribution in [3.8, 4) is 11.5 Å². The van der Waals surface area contributed by atoms with Gasteiger partial charge in [-0.25, -0.2) is 0 Å². The Bertz CT molecular complexity index is 1440. The fourth-order valence-electron chi connectivity index (χ4n) is 4.01. The predicted octanol–water partition coefficient (Wildman–Crippen LogP) is 6.68. The van der Waals surface area contributed by atoms with Crippen LogP contribution in [0.4, 0.5) is 0 Å². The molecule has 8 nitrogen and oxygen atoms in total. The molecule has 0 aromatic heterocycles. The molecular formula is C33H37NO7S. The molecule has 42 heavy (non-hydrogen) atoms. The molecule has 0 atom stereocenters. The van der Waals surface area contributed by atoms with Crippen molar-refractivity contribution in [3.05, 3.63) is 131 Å². The summed E-state index contributed by atoms with van der Waals surface area (Å²) in [7, 11) is -4.67. The lowest BCUT2D eigenvalue weighted by atomic mass is 10.0. The summed E-state index contributed by atoms with van der Waals surface area (Å²) in [6.07, 6.45) is 0. The Morgan fingerprint density at radius 3 is 1.50 bits per heavy atom. The average molecular weight is 592 g/mol. The van der Waals surface area contributed by atoms with E-state index in [-0.39, 0.29) is 11.3 Å². The molecule has 0 fully saturated rings. The van der Waals surface area contributed by atoms with Gasteiger partial charge in [-0.1, -0.05) is 91.0 Å². The highest BCUT2D eigenvalue weighted by Crippen LogP contribution is 2.27. The maximum absolute atomic E-state index is 13.1. The van der Waals surface area contributed by atoms with E-state index >= 15 is 0 Å². The van der Waals surface area contributed by atoms with Crippen LogP contribution in [-0.4, -0.2) is 40.3 Å². The van der Waals surface area contributed by atoms with Gasteiger partial charge in [0, 0.05) is 23.7 Å². The molecule has 4 rings (SSSR count). The van der Waals surface area contributed by atoms with Gasteiger partial charge in [-0.3, -0.25) is 18.8 Å². The zero-order valence-electron chi connectivity index (χ0n) is 24.0. The minimum Gasteiger partial charge on any atom is -0.489 e. The molecule has 0 amide bonds. The average Bonchev–Trinajstić information content (AvgIpc) is 2.95. The molecule has 4 aromatic rings. The largest absolute Gasteiger partial charge is 0.489 e. The minimum absolute atomic E-state index is 0.104. The van der Waals surface area contributed by atoms with Gasteiger partial charge in [-0.15, -0.1) is 0 Å². The first-order chi connectivity index (χ1) is 19.9. The molecule has 9 heteroatoms. The van der Waals surface area contributed by atoms with Crippen LogP contribution in [0.2, 0.25) is 0 Å². The molecule has 0 saturated heterocycles.